The van der Waals surface area contributed by atoms with Crippen molar-refractivity contribution in [3.05, 3.63) is 53.6 Å². The third-order valence-corrected chi connectivity index (χ3v) is 5.05. The molecule has 2 aromatic rings. The van der Waals surface area contributed by atoms with Gasteiger partial charge in [-0.05, 0) is 42.8 Å². The van der Waals surface area contributed by atoms with Gasteiger partial charge in [0.25, 0.3) is 5.91 Å². The Hall–Kier alpha value is -2.58. The quantitative estimate of drug-likeness (QED) is 0.732. The third kappa shape index (κ3) is 4.74. The Morgan fingerprint density at radius 2 is 1.81 bits per heavy atom. The molecule has 1 amide bonds. The van der Waals surface area contributed by atoms with Gasteiger partial charge in [0.05, 0.1) is 24.2 Å². The van der Waals surface area contributed by atoms with E-state index in [1.165, 1.54) is 32.4 Å². The monoisotopic (exact) mass is 378 g/mol. The molecule has 0 saturated heterocycles. The van der Waals surface area contributed by atoms with E-state index in [2.05, 4.69) is 10.0 Å². The molecule has 7 nitrogen and oxygen atoms in total. The van der Waals surface area contributed by atoms with Gasteiger partial charge in [-0.3, -0.25) is 4.79 Å². The van der Waals surface area contributed by atoms with E-state index in [4.69, 9.17) is 9.47 Å². The zero-order valence-electron chi connectivity index (χ0n) is 14.9. The van der Waals surface area contributed by atoms with Gasteiger partial charge in [0.1, 0.15) is 11.5 Å². The van der Waals surface area contributed by atoms with E-state index in [0.717, 1.165) is 11.3 Å². The number of ether oxygens (including phenoxy) is 2. The van der Waals surface area contributed by atoms with E-state index in [9.17, 15) is 13.2 Å². The molecule has 0 fully saturated rings. The maximum Gasteiger partial charge on any atom is 0.254 e. The summed E-state index contributed by atoms with van der Waals surface area (Å²) in [6.07, 6.45) is 0. The van der Waals surface area contributed by atoms with Crippen molar-refractivity contribution >= 4 is 15.9 Å². The zero-order chi connectivity index (χ0) is 19.2. The first kappa shape index (κ1) is 19.7. The maximum absolute atomic E-state index is 12.5. The number of nitrogens with one attached hydrogen (secondary N) is 2. The SMILES string of the molecule is CCOc1ccc(CNS(=O)(=O)c2ccc(OC)c(C(=O)NC)c2)cc1. The van der Waals surface area contributed by atoms with Gasteiger partial charge in [-0.25, -0.2) is 13.1 Å². The Balaban J connectivity index is 2.17. The summed E-state index contributed by atoms with van der Waals surface area (Å²) in [5, 5.41) is 2.46. The lowest BCUT2D eigenvalue weighted by Gasteiger charge is -2.11. The van der Waals surface area contributed by atoms with Gasteiger partial charge in [0.15, 0.2) is 0 Å². The number of rotatable bonds is 8. The fourth-order valence-electron chi connectivity index (χ4n) is 2.30. The van der Waals surface area contributed by atoms with Gasteiger partial charge in [-0.2, -0.15) is 0 Å². The van der Waals surface area contributed by atoms with Crippen LogP contribution in [0.15, 0.2) is 47.4 Å². The molecule has 0 aliphatic carbocycles. The Kier molecular flexibility index (Phi) is 6.59. The third-order valence-electron chi connectivity index (χ3n) is 3.65. The number of carbonyl (C=O) groups is 1. The minimum absolute atomic E-state index is 0.0113. The highest BCUT2D eigenvalue weighted by molar-refractivity contribution is 7.89. The highest BCUT2D eigenvalue weighted by Gasteiger charge is 2.19. The molecule has 0 saturated carbocycles. The van der Waals surface area contributed by atoms with Crippen molar-refractivity contribution in [2.45, 2.75) is 18.4 Å². The lowest BCUT2D eigenvalue weighted by molar-refractivity contribution is 0.0960. The molecule has 0 bridgehead atoms. The van der Waals surface area contributed by atoms with E-state index in [1.807, 2.05) is 6.92 Å². The lowest BCUT2D eigenvalue weighted by Crippen LogP contribution is -2.24. The predicted molar refractivity (Wildman–Crippen MR) is 98.0 cm³/mol. The number of sulfonamides is 1. The van der Waals surface area contributed by atoms with Crippen LogP contribution in [0, 0.1) is 0 Å². The van der Waals surface area contributed by atoms with E-state index in [0.29, 0.717) is 12.4 Å². The average molecular weight is 378 g/mol. The minimum atomic E-state index is -3.78. The number of methoxy groups -OCH3 is 1. The summed E-state index contributed by atoms with van der Waals surface area (Å²) in [5.41, 5.74) is 0.941. The van der Waals surface area contributed by atoms with Gasteiger partial charge in [-0.1, -0.05) is 12.1 Å². The van der Waals surface area contributed by atoms with Crippen LogP contribution < -0.4 is 19.5 Å². The van der Waals surface area contributed by atoms with Crippen LogP contribution in [0.5, 0.6) is 11.5 Å². The second kappa shape index (κ2) is 8.68. The number of carbonyl (C=O) groups excluding carboxylic acids is 1. The molecule has 8 heteroatoms. The van der Waals surface area contributed by atoms with Crippen LogP contribution in [0.1, 0.15) is 22.8 Å². The maximum atomic E-state index is 12.5. The van der Waals surface area contributed by atoms with Gasteiger partial charge in [0.2, 0.25) is 10.0 Å². The highest BCUT2D eigenvalue weighted by atomic mass is 32.2. The fourth-order valence-corrected chi connectivity index (χ4v) is 3.34. The summed E-state index contributed by atoms with van der Waals surface area (Å²) in [5.74, 6) is 0.602. The van der Waals surface area contributed by atoms with E-state index < -0.39 is 15.9 Å². The largest absolute Gasteiger partial charge is 0.496 e. The second-order valence-electron chi connectivity index (χ2n) is 5.34. The molecule has 0 aliphatic rings. The van der Waals surface area contributed by atoms with Crippen molar-refractivity contribution < 1.29 is 22.7 Å². The summed E-state index contributed by atoms with van der Waals surface area (Å²) in [6.45, 7) is 2.58. The lowest BCUT2D eigenvalue weighted by atomic mass is 10.2. The number of hydrogen-bond donors (Lipinski definition) is 2. The van der Waals surface area contributed by atoms with Crippen LogP contribution in [0.25, 0.3) is 0 Å². The van der Waals surface area contributed by atoms with Crippen LogP contribution in [0.3, 0.4) is 0 Å². The Labute approximate surface area is 153 Å². The molecule has 2 rings (SSSR count). The molecule has 0 aliphatic heterocycles. The molecule has 2 aromatic carbocycles. The predicted octanol–water partition coefficient (Wildman–Crippen LogP) is 1.93. The average Bonchev–Trinajstić information content (AvgIpc) is 2.66. The van der Waals surface area contributed by atoms with Crippen molar-refractivity contribution in [2.75, 3.05) is 20.8 Å². The molecule has 0 heterocycles. The molecule has 0 aromatic heterocycles. The number of hydrogen-bond acceptors (Lipinski definition) is 5. The van der Waals surface area contributed by atoms with Crippen molar-refractivity contribution in [1.29, 1.82) is 0 Å². The molecule has 0 spiro atoms. The van der Waals surface area contributed by atoms with Crippen LogP contribution in [0.2, 0.25) is 0 Å². The molecular weight excluding hydrogens is 356 g/mol. The van der Waals surface area contributed by atoms with Crippen molar-refractivity contribution in [2.24, 2.45) is 0 Å². The zero-order valence-corrected chi connectivity index (χ0v) is 15.7. The van der Waals surface area contributed by atoms with Gasteiger partial charge < -0.3 is 14.8 Å². The molecule has 0 atom stereocenters. The molecule has 2 N–H and O–H groups in total. The van der Waals surface area contributed by atoms with Crippen molar-refractivity contribution in [3.8, 4) is 11.5 Å². The van der Waals surface area contributed by atoms with Crippen LogP contribution in [0.4, 0.5) is 0 Å². The summed E-state index contributed by atoms with van der Waals surface area (Å²) in [6, 6.07) is 11.3. The molecular formula is C18H22N2O5S. The van der Waals surface area contributed by atoms with Crippen molar-refractivity contribution in [1.82, 2.24) is 10.0 Å². The first-order valence-electron chi connectivity index (χ1n) is 8.02. The normalized spacial score (nSPS) is 11.0. The first-order chi connectivity index (χ1) is 12.4. The molecule has 0 unspecified atom stereocenters. The minimum Gasteiger partial charge on any atom is -0.496 e. The summed E-state index contributed by atoms with van der Waals surface area (Å²) in [4.78, 5) is 11.9. The number of benzene rings is 2. The molecule has 140 valence electrons. The Morgan fingerprint density at radius 1 is 1.12 bits per heavy atom. The van der Waals surface area contributed by atoms with Crippen LogP contribution in [-0.4, -0.2) is 35.1 Å². The Bertz CT molecular complexity index is 864. The topological polar surface area (TPSA) is 93.7 Å². The highest BCUT2D eigenvalue weighted by Crippen LogP contribution is 2.22. The molecule has 0 radical (unpaired) electrons. The smallest absolute Gasteiger partial charge is 0.254 e. The summed E-state index contributed by atoms with van der Waals surface area (Å²) < 4.78 is 38.0. The van der Waals surface area contributed by atoms with Gasteiger partial charge in [-0.15, -0.1) is 0 Å². The van der Waals surface area contributed by atoms with Crippen LogP contribution in [-0.2, 0) is 16.6 Å². The van der Waals surface area contributed by atoms with Crippen molar-refractivity contribution in [3.63, 3.8) is 0 Å². The summed E-state index contributed by atoms with van der Waals surface area (Å²) in [7, 11) is -0.903. The van der Waals surface area contributed by atoms with E-state index in [-0.39, 0.29) is 17.0 Å². The van der Waals surface area contributed by atoms with Crippen LogP contribution >= 0.6 is 0 Å². The van der Waals surface area contributed by atoms with Gasteiger partial charge in [0, 0.05) is 13.6 Å². The van der Waals surface area contributed by atoms with Gasteiger partial charge >= 0.3 is 0 Å². The molecule has 26 heavy (non-hydrogen) atoms. The Morgan fingerprint density at radius 3 is 2.38 bits per heavy atom. The number of amides is 1. The fraction of sp³-hybridized carbons (Fsp3) is 0.278. The standard InChI is InChI=1S/C18H22N2O5S/c1-4-25-14-7-5-13(6-8-14)12-20-26(22,23)15-9-10-17(24-3)16(11-15)18(21)19-2/h5-11,20H,4,12H2,1-3H3,(H,19,21). The van der Waals surface area contributed by atoms with E-state index >= 15 is 0 Å². The summed E-state index contributed by atoms with van der Waals surface area (Å²) >= 11 is 0. The van der Waals surface area contributed by atoms with E-state index in [1.54, 1.807) is 24.3 Å². The first-order valence-corrected chi connectivity index (χ1v) is 9.51. The second-order valence-corrected chi connectivity index (χ2v) is 7.11.